The molecule has 0 aromatic heterocycles. The second-order valence-corrected chi connectivity index (χ2v) is 9.24. The maximum atomic E-state index is 13.5. The molecule has 1 aliphatic heterocycles. The number of ketones is 1. The van der Waals surface area contributed by atoms with Gasteiger partial charge in [-0.05, 0) is 80.8 Å². The summed E-state index contributed by atoms with van der Waals surface area (Å²) in [6.07, 6.45) is -0.00504. The van der Waals surface area contributed by atoms with E-state index in [2.05, 4.69) is 0 Å². The van der Waals surface area contributed by atoms with E-state index in [9.17, 15) is 14.7 Å². The first-order valence-electron chi connectivity index (χ1n) is 12.0. The fraction of sp³-hybridized carbons (Fsp3) is 0.267. The fourth-order valence-electron chi connectivity index (χ4n) is 4.59. The van der Waals surface area contributed by atoms with Crippen LogP contribution in [0, 0.1) is 13.8 Å². The van der Waals surface area contributed by atoms with E-state index in [0.29, 0.717) is 39.6 Å². The Hall–Kier alpha value is -4.26. The summed E-state index contributed by atoms with van der Waals surface area (Å²) in [7, 11) is 3.11. The molecular formula is C30H31NO6. The minimum Gasteiger partial charge on any atom is -0.507 e. The Morgan fingerprint density at radius 1 is 0.892 bits per heavy atom. The number of aliphatic hydroxyl groups is 1. The summed E-state index contributed by atoms with van der Waals surface area (Å²) >= 11 is 0. The lowest BCUT2D eigenvalue weighted by molar-refractivity contribution is -0.132. The lowest BCUT2D eigenvalue weighted by Gasteiger charge is -2.26. The number of ether oxygens (including phenoxy) is 3. The summed E-state index contributed by atoms with van der Waals surface area (Å²) in [6.45, 7) is 7.55. The molecule has 0 bridgehead atoms. The molecular weight excluding hydrogens is 470 g/mol. The summed E-state index contributed by atoms with van der Waals surface area (Å²) in [5.74, 6) is 0.146. The molecule has 1 unspecified atom stereocenters. The number of anilines is 1. The van der Waals surface area contributed by atoms with Gasteiger partial charge in [-0.1, -0.05) is 18.2 Å². The molecule has 192 valence electrons. The van der Waals surface area contributed by atoms with Crippen molar-refractivity contribution in [3.63, 3.8) is 0 Å². The van der Waals surface area contributed by atoms with E-state index < -0.39 is 17.7 Å². The number of amides is 1. The summed E-state index contributed by atoms with van der Waals surface area (Å²) in [6, 6.07) is 16.8. The number of carbonyl (C=O) groups is 2. The normalized spacial score (nSPS) is 16.8. The molecule has 37 heavy (non-hydrogen) atoms. The van der Waals surface area contributed by atoms with Gasteiger partial charge in [-0.25, -0.2) is 0 Å². The van der Waals surface area contributed by atoms with E-state index in [4.69, 9.17) is 14.2 Å². The lowest BCUT2D eigenvalue weighted by atomic mass is 9.93. The molecule has 0 spiro atoms. The third kappa shape index (κ3) is 4.89. The molecule has 1 saturated heterocycles. The first-order valence-corrected chi connectivity index (χ1v) is 12.0. The van der Waals surface area contributed by atoms with Gasteiger partial charge in [0.1, 0.15) is 23.0 Å². The predicted molar refractivity (Wildman–Crippen MR) is 142 cm³/mol. The van der Waals surface area contributed by atoms with Crippen molar-refractivity contribution in [1.82, 2.24) is 0 Å². The molecule has 1 fully saturated rings. The molecule has 4 rings (SSSR count). The minimum atomic E-state index is -0.859. The van der Waals surface area contributed by atoms with Crippen LogP contribution >= 0.6 is 0 Å². The molecule has 7 heteroatoms. The average molecular weight is 502 g/mol. The molecule has 1 N–H and O–H groups in total. The quantitative estimate of drug-likeness (QED) is 0.253. The Kier molecular flexibility index (Phi) is 7.25. The van der Waals surface area contributed by atoms with Gasteiger partial charge in [0.25, 0.3) is 11.7 Å². The van der Waals surface area contributed by atoms with Crippen molar-refractivity contribution >= 4 is 23.1 Å². The second-order valence-electron chi connectivity index (χ2n) is 9.24. The Balaban J connectivity index is 1.93. The Bertz CT molecular complexity index is 1370. The van der Waals surface area contributed by atoms with Gasteiger partial charge in [0, 0.05) is 17.3 Å². The Morgan fingerprint density at radius 3 is 2.22 bits per heavy atom. The number of carbonyl (C=O) groups excluding carboxylic acids is 2. The van der Waals surface area contributed by atoms with Gasteiger partial charge in [0.2, 0.25) is 0 Å². The SMILES string of the molecule is COc1cccc(N2C(=O)C(=O)/C(=C(/O)c3cc(C)c(OC)cc3C)C2c2ccc(OC(C)C)cc2)c1. The monoisotopic (exact) mass is 501 g/mol. The molecule has 0 radical (unpaired) electrons. The summed E-state index contributed by atoms with van der Waals surface area (Å²) in [5, 5.41) is 11.5. The van der Waals surface area contributed by atoms with Gasteiger partial charge in [-0.2, -0.15) is 0 Å². The van der Waals surface area contributed by atoms with Gasteiger partial charge >= 0.3 is 0 Å². The molecule has 3 aromatic rings. The first kappa shape index (κ1) is 25.8. The highest BCUT2D eigenvalue weighted by molar-refractivity contribution is 6.51. The number of methoxy groups -OCH3 is 2. The third-order valence-electron chi connectivity index (χ3n) is 6.34. The van der Waals surface area contributed by atoms with Crippen molar-refractivity contribution in [1.29, 1.82) is 0 Å². The molecule has 0 aliphatic carbocycles. The number of benzene rings is 3. The molecule has 1 amide bonds. The lowest BCUT2D eigenvalue weighted by Crippen LogP contribution is -2.29. The van der Waals surface area contributed by atoms with Crippen LogP contribution in [-0.4, -0.2) is 37.1 Å². The zero-order valence-corrected chi connectivity index (χ0v) is 21.9. The molecule has 1 atom stereocenters. The maximum absolute atomic E-state index is 13.5. The van der Waals surface area contributed by atoms with Crippen molar-refractivity contribution in [2.24, 2.45) is 0 Å². The number of nitrogens with zero attached hydrogens (tertiary/aromatic N) is 1. The van der Waals surface area contributed by atoms with Gasteiger partial charge < -0.3 is 19.3 Å². The van der Waals surface area contributed by atoms with Crippen LogP contribution in [0.2, 0.25) is 0 Å². The maximum Gasteiger partial charge on any atom is 0.300 e. The third-order valence-corrected chi connectivity index (χ3v) is 6.34. The largest absolute Gasteiger partial charge is 0.507 e. The van der Waals surface area contributed by atoms with Gasteiger partial charge in [0.05, 0.1) is 31.9 Å². The van der Waals surface area contributed by atoms with Crippen LogP contribution in [0.5, 0.6) is 17.2 Å². The van der Waals surface area contributed by atoms with Gasteiger partial charge in [-0.3, -0.25) is 14.5 Å². The summed E-state index contributed by atoms with van der Waals surface area (Å²) in [4.78, 5) is 28.3. The second kappa shape index (κ2) is 10.4. The van der Waals surface area contributed by atoms with Crippen molar-refractivity contribution < 1.29 is 28.9 Å². The highest BCUT2D eigenvalue weighted by Crippen LogP contribution is 2.43. The number of hydrogen-bond donors (Lipinski definition) is 1. The highest BCUT2D eigenvalue weighted by atomic mass is 16.5. The summed E-state index contributed by atoms with van der Waals surface area (Å²) in [5.41, 5.74) is 3.12. The average Bonchev–Trinajstić information content (AvgIpc) is 3.15. The standard InChI is InChI=1S/C30H31NO6/c1-17(2)37-22-12-10-20(11-13-22)27-26(28(32)24-14-19(4)25(36-6)15-18(24)3)29(33)30(34)31(27)21-8-7-9-23(16-21)35-5/h7-17,27,32H,1-6H3/b28-26+. The number of hydrogen-bond acceptors (Lipinski definition) is 6. The van der Waals surface area contributed by atoms with Crippen molar-refractivity contribution in [2.75, 3.05) is 19.1 Å². The number of Topliss-reactive ketones (excluding diaryl/α,β-unsaturated/α-hetero) is 1. The van der Waals surface area contributed by atoms with Crippen molar-refractivity contribution in [3.8, 4) is 17.2 Å². The summed E-state index contributed by atoms with van der Waals surface area (Å²) < 4.78 is 16.5. The smallest absolute Gasteiger partial charge is 0.300 e. The van der Waals surface area contributed by atoms with Crippen LogP contribution in [0.1, 0.15) is 42.1 Å². The number of rotatable bonds is 7. The van der Waals surface area contributed by atoms with E-state index in [0.717, 1.165) is 5.56 Å². The van der Waals surface area contributed by atoms with Gasteiger partial charge in [0.15, 0.2) is 0 Å². The molecule has 7 nitrogen and oxygen atoms in total. The topological polar surface area (TPSA) is 85.3 Å². The molecule has 0 saturated carbocycles. The van der Waals surface area contributed by atoms with E-state index >= 15 is 0 Å². The van der Waals surface area contributed by atoms with Crippen LogP contribution in [0.4, 0.5) is 5.69 Å². The molecule has 3 aromatic carbocycles. The van der Waals surface area contributed by atoms with Crippen molar-refractivity contribution in [2.45, 2.75) is 39.8 Å². The fourth-order valence-corrected chi connectivity index (χ4v) is 4.59. The molecule has 1 heterocycles. The van der Waals surface area contributed by atoms with E-state index in [-0.39, 0.29) is 17.4 Å². The van der Waals surface area contributed by atoms with E-state index in [1.807, 2.05) is 27.7 Å². The number of aliphatic hydroxyl groups excluding tert-OH is 1. The van der Waals surface area contributed by atoms with E-state index in [1.54, 1.807) is 67.8 Å². The van der Waals surface area contributed by atoms with Crippen LogP contribution in [0.25, 0.3) is 5.76 Å². The van der Waals surface area contributed by atoms with Crippen LogP contribution in [0.3, 0.4) is 0 Å². The minimum absolute atomic E-state index is 0.00504. The van der Waals surface area contributed by atoms with Crippen LogP contribution in [0.15, 0.2) is 66.2 Å². The Labute approximate surface area is 216 Å². The molecule has 1 aliphatic rings. The predicted octanol–water partition coefficient (Wildman–Crippen LogP) is 5.73. The number of aryl methyl sites for hydroxylation is 2. The van der Waals surface area contributed by atoms with Gasteiger partial charge in [-0.15, -0.1) is 0 Å². The van der Waals surface area contributed by atoms with Crippen LogP contribution in [-0.2, 0) is 9.59 Å². The highest BCUT2D eigenvalue weighted by Gasteiger charge is 2.47. The van der Waals surface area contributed by atoms with Crippen LogP contribution < -0.4 is 19.1 Å². The van der Waals surface area contributed by atoms with E-state index in [1.165, 1.54) is 12.0 Å². The first-order chi connectivity index (χ1) is 17.7. The van der Waals surface area contributed by atoms with Crippen molar-refractivity contribution in [3.05, 3.63) is 88.5 Å². The Morgan fingerprint density at radius 2 is 1.59 bits per heavy atom. The zero-order chi connectivity index (χ0) is 26.9. The zero-order valence-electron chi connectivity index (χ0n) is 21.9.